The summed E-state index contributed by atoms with van der Waals surface area (Å²) in [5.74, 6) is 0.541. The number of benzene rings is 2. The minimum atomic E-state index is -0.373. The molecule has 0 heterocycles. The Balaban J connectivity index is 1.67. The fourth-order valence-corrected chi connectivity index (χ4v) is 2.32. The molecule has 0 aliphatic heterocycles. The third-order valence-electron chi connectivity index (χ3n) is 2.94. The van der Waals surface area contributed by atoms with Gasteiger partial charge in [0.25, 0.3) is 5.91 Å². The van der Waals surface area contributed by atoms with E-state index in [0.29, 0.717) is 23.4 Å². The predicted octanol–water partition coefficient (Wildman–Crippen LogP) is 3.47. The van der Waals surface area contributed by atoms with Crippen molar-refractivity contribution in [1.29, 1.82) is 0 Å². The Morgan fingerprint density at radius 3 is 2.78 bits per heavy atom. The molecule has 0 aliphatic carbocycles. The molecule has 4 nitrogen and oxygen atoms in total. The second-order valence-electron chi connectivity index (χ2n) is 4.88. The van der Waals surface area contributed by atoms with Crippen molar-refractivity contribution in [2.24, 2.45) is 0 Å². The van der Waals surface area contributed by atoms with Crippen LogP contribution >= 0.6 is 15.9 Å². The number of hydrogen-bond donors (Lipinski definition) is 1. The molecule has 0 aromatic heterocycles. The molecule has 1 amide bonds. The van der Waals surface area contributed by atoms with Crippen LogP contribution in [0.25, 0.3) is 0 Å². The molecule has 0 radical (unpaired) electrons. The van der Waals surface area contributed by atoms with Crippen molar-refractivity contribution in [3.8, 4) is 11.5 Å². The van der Waals surface area contributed by atoms with Crippen molar-refractivity contribution >= 4 is 21.8 Å². The lowest BCUT2D eigenvalue weighted by Gasteiger charge is -2.10. The van der Waals surface area contributed by atoms with Crippen LogP contribution in [0.4, 0.5) is 4.39 Å². The highest BCUT2D eigenvalue weighted by atomic mass is 79.9. The van der Waals surface area contributed by atoms with Gasteiger partial charge in [0.05, 0.1) is 11.0 Å². The number of nitrogens with one attached hydrogen (secondary N) is 1. The largest absolute Gasteiger partial charge is 0.492 e. The smallest absolute Gasteiger partial charge is 0.258 e. The number of aryl methyl sites for hydroxylation is 1. The van der Waals surface area contributed by atoms with Crippen LogP contribution in [0.1, 0.15) is 5.56 Å². The minimum Gasteiger partial charge on any atom is -0.492 e. The summed E-state index contributed by atoms with van der Waals surface area (Å²) < 4.78 is 24.2. The summed E-state index contributed by atoms with van der Waals surface area (Å²) in [4.78, 5) is 11.7. The Morgan fingerprint density at radius 1 is 1.22 bits per heavy atom. The predicted molar refractivity (Wildman–Crippen MR) is 89.3 cm³/mol. The van der Waals surface area contributed by atoms with Crippen LogP contribution in [0.2, 0.25) is 0 Å². The van der Waals surface area contributed by atoms with Gasteiger partial charge in [0.15, 0.2) is 6.61 Å². The first kappa shape index (κ1) is 17.3. The fraction of sp³-hybridized carbons (Fsp3) is 0.235. The topological polar surface area (TPSA) is 47.6 Å². The van der Waals surface area contributed by atoms with Gasteiger partial charge in [0.1, 0.15) is 23.9 Å². The van der Waals surface area contributed by atoms with E-state index in [1.54, 1.807) is 0 Å². The van der Waals surface area contributed by atoms with Crippen LogP contribution < -0.4 is 14.8 Å². The zero-order valence-electron chi connectivity index (χ0n) is 12.6. The van der Waals surface area contributed by atoms with Gasteiger partial charge in [-0.05, 0) is 58.7 Å². The van der Waals surface area contributed by atoms with Crippen molar-refractivity contribution in [3.63, 3.8) is 0 Å². The second kappa shape index (κ2) is 8.53. The van der Waals surface area contributed by atoms with E-state index in [1.165, 1.54) is 18.2 Å². The van der Waals surface area contributed by atoms with Crippen molar-refractivity contribution in [2.45, 2.75) is 6.92 Å². The molecule has 0 fully saturated rings. The lowest BCUT2D eigenvalue weighted by Crippen LogP contribution is -2.32. The van der Waals surface area contributed by atoms with E-state index in [1.807, 2.05) is 31.2 Å². The molecular weight excluding hydrogens is 365 g/mol. The first-order valence-corrected chi connectivity index (χ1v) is 7.88. The van der Waals surface area contributed by atoms with Gasteiger partial charge in [0, 0.05) is 0 Å². The highest BCUT2D eigenvalue weighted by Gasteiger charge is 2.06. The summed E-state index contributed by atoms with van der Waals surface area (Å²) in [7, 11) is 0. The summed E-state index contributed by atoms with van der Waals surface area (Å²) in [6, 6.07) is 11.7. The molecule has 0 spiro atoms. The van der Waals surface area contributed by atoms with Crippen LogP contribution in [0.3, 0.4) is 0 Å². The maximum absolute atomic E-state index is 12.9. The third-order valence-corrected chi connectivity index (χ3v) is 3.55. The van der Waals surface area contributed by atoms with Crippen LogP contribution in [-0.2, 0) is 4.79 Å². The molecular formula is C17H17BrFNO3. The standard InChI is InChI=1S/C17H17BrFNO3/c1-12-3-2-4-14(9-12)22-8-7-20-17(21)11-23-16-6-5-13(19)10-15(16)18/h2-6,9-10H,7-8,11H2,1H3,(H,20,21). The number of rotatable bonds is 7. The Labute approximate surface area is 142 Å². The van der Waals surface area contributed by atoms with E-state index >= 15 is 0 Å². The molecule has 6 heteroatoms. The third kappa shape index (κ3) is 5.90. The van der Waals surface area contributed by atoms with Gasteiger partial charge >= 0.3 is 0 Å². The Kier molecular flexibility index (Phi) is 6.40. The molecule has 0 saturated heterocycles. The van der Waals surface area contributed by atoms with Crippen LogP contribution in [0.5, 0.6) is 11.5 Å². The van der Waals surface area contributed by atoms with E-state index < -0.39 is 0 Å². The van der Waals surface area contributed by atoms with Crippen LogP contribution in [0, 0.1) is 12.7 Å². The van der Waals surface area contributed by atoms with E-state index in [4.69, 9.17) is 9.47 Å². The number of carbonyl (C=O) groups excluding carboxylic acids is 1. The van der Waals surface area contributed by atoms with Gasteiger partial charge < -0.3 is 14.8 Å². The van der Waals surface area contributed by atoms with E-state index in [2.05, 4.69) is 21.2 Å². The van der Waals surface area contributed by atoms with Crippen molar-refractivity contribution < 1.29 is 18.7 Å². The summed E-state index contributed by atoms with van der Waals surface area (Å²) in [6.07, 6.45) is 0. The molecule has 23 heavy (non-hydrogen) atoms. The zero-order chi connectivity index (χ0) is 16.7. The number of carbonyl (C=O) groups is 1. The molecule has 0 atom stereocenters. The van der Waals surface area contributed by atoms with Gasteiger partial charge in [-0.25, -0.2) is 4.39 Å². The first-order valence-electron chi connectivity index (χ1n) is 7.08. The fourth-order valence-electron chi connectivity index (χ4n) is 1.85. The quantitative estimate of drug-likeness (QED) is 0.746. The normalized spacial score (nSPS) is 10.2. The molecule has 0 unspecified atom stereocenters. The highest BCUT2D eigenvalue weighted by Crippen LogP contribution is 2.25. The molecule has 122 valence electrons. The molecule has 0 aliphatic rings. The number of ether oxygens (including phenoxy) is 2. The Hall–Kier alpha value is -2.08. The second-order valence-corrected chi connectivity index (χ2v) is 5.73. The number of amides is 1. The molecule has 2 aromatic carbocycles. The number of hydrogen-bond acceptors (Lipinski definition) is 3. The highest BCUT2D eigenvalue weighted by molar-refractivity contribution is 9.10. The van der Waals surface area contributed by atoms with Gasteiger partial charge in [-0.2, -0.15) is 0 Å². The minimum absolute atomic E-state index is 0.144. The van der Waals surface area contributed by atoms with Gasteiger partial charge in [-0.3, -0.25) is 4.79 Å². The van der Waals surface area contributed by atoms with Crippen LogP contribution in [-0.4, -0.2) is 25.7 Å². The first-order chi connectivity index (χ1) is 11.0. The average molecular weight is 382 g/mol. The lowest BCUT2D eigenvalue weighted by atomic mass is 10.2. The molecule has 2 aromatic rings. The number of halogens is 2. The van der Waals surface area contributed by atoms with Gasteiger partial charge in [-0.15, -0.1) is 0 Å². The van der Waals surface area contributed by atoms with Gasteiger partial charge in [0.2, 0.25) is 0 Å². The van der Waals surface area contributed by atoms with Crippen molar-refractivity contribution in [1.82, 2.24) is 5.32 Å². The Bertz CT molecular complexity index is 679. The SMILES string of the molecule is Cc1cccc(OCCNC(=O)COc2ccc(F)cc2Br)c1. The summed E-state index contributed by atoms with van der Waals surface area (Å²) >= 11 is 3.18. The van der Waals surface area contributed by atoms with Crippen molar-refractivity contribution in [2.75, 3.05) is 19.8 Å². The average Bonchev–Trinajstić information content (AvgIpc) is 2.51. The van der Waals surface area contributed by atoms with Gasteiger partial charge in [-0.1, -0.05) is 12.1 Å². The maximum Gasteiger partial charge on any atom is 0.258 e. The summed E-state index contributed by atoms with van der Waals surface area (Å²) in [6.45, 7) is 2.59. The molecule has 1 N–H and O–H groups in total. The molecule has 0 bridgehead atoms. The summed E-state index contributed by atoms with van der Waals surface area (Å²) in [5.41, 5.74) is 1.12. The van der Waals surface area contributed by atoms with E-state index in [9.17, 15) is 9.18 Å². The lowest BCUT2D eigenvalue weighted by molar-refractivity contribution is -0.123. The summed E-state index contributed by atoms with van der Waals surface area (Å²) in [5, 5.41) is 2.69. The van der Waals surface area contributed by atoms with Crippen molar-refractivity contribution in [3.05, 3.63) is 58.3 Å². The van der Waals surface area contributed by atoms with E-state index in [0.717, 1.165) is 11.3 Å². The zero-order valence-corrected chi connectivity index (χ0v) is 14.2. The van der Waals surface area contributed by atoms with E-state index in [-0.39, 0.29) is 18.3 Å². The maximum atomic E-state index is 12.9. The Morgan fingerprint density at radius 2 is 2.04 bits per heavy atom. The van der Waals surface area contributed by atoms with Crippen LogP contribution in [0.15, 0.2) is 46.9 Å². The molecule has 2 rings (SSSR count). The molecule has 0 saturated carbocycles. The monoisotopic (exact) mass is 381 g/mol.